The summed E-state index contributed by atoms with van der Waals surface area (Å²) in [6.45, 7) is 2.85. The molecule has 0 spiro atoms. The summed E-state index contributed by atoms with van der Waals surface area (Å²) < 4.78 is 20.9. The molecule has 0 saturated heterocycles. The molecule has 0 unspecified atom stereocenters. The number of nitrogens with one attached hydrogen (secondary N) is 1. The third-order valence-corrected chi connectivity index (χ3v) is 3.61. The Bertz CT molecular complexity index is 498. The van der Waals surface area contributed by atoms with E-state index in [1.807, 2.05) is 0 Å². The number of hydrogen-bond acceptors (Lipinski definition) is 8. The maximum atomic E-state index is 11.4. The highest BCUT2D eigenvalue weighted by Gasteiger charge is 2.05. The van der Waals surface area contributed by atoms with Crippen molar-refractivity contribution in [2.75, 3.05) is 52.8 Å². The van der Waals surface area contributed by atoms with Gasteiger partial charge in [-0.1, -0.05) is 0 Å². The zero-order valence-electron chi connectivity index (χ0n) is 17.3. The summed E-state index contributed by atoms with van der Waals surface area (Å²) >= 11 is 0. The van der Waals surface area contributed by atoms with Crippen molar-refractivity contribution in [3.63, 3.8) is 0 Å². The fraction of sp³-hybridized carbons (Fsp3) is 0.789. The first-order valence-corrected chi connectivity index (χ1v) is 10.0. The fourth-order valence-corrected chi connectivity index (χ4v) is 2.08. The van der Waals surface area contributed by atoms with Gasteiger partial charge in [-0.15, -0.1) is 0 Å². The standard InChI is InChI=1S/C19H33NO10/c21-16(6-7-18(24)25)20-8-3-9-27-10-11-28-12-13-29-14-15-30-19(26)5-2-1-4-17(22)23/h1-15H2,(H,20,21)(H,22,23)(H,24,25). The minimum atomic E-state index is -0.996. The first-order chi connectivity index (χ1) is 14.4. The summed E-state index contributed by atoms with van der Waals surface area (Å²) in [5, 5.41) is 19.6. The van der Waals surface area contributed by atoms with Crippen LogP contribution in [0.15, 0.2) is 0 Å². The lowest BCUT2D eigenvalue weighted by Gasteiger charge is -2.08. The topological polar surface area (TPSA) is 158 Å². The number of unbranched alkanes of at least 4 members (excludes halogenated alkanes) is 1. The number of amides is 1. The van der Waals surface area contributed by atoms with Gasteiger partial charge in [-0.2, -0.15) is 0 Å². The van der Waals surface area contributed by atoms with Crippen LogP contribution >= 0.6 is 0 Å². The van der Waals surface area contributed by atoms with Crippen LogP contribution in [0.1, 0.15) is 44.9 Å². The van der Waals surface area contributed by atoms with Gasteiger partial charge in [-0.25, -0.2) is 0 Å². The molecule has 0 heterocycles. The molecule has 0 saturated carbocycles. The van der Waals surface area contributed by atoms with Gasteiger partial charge in [0.1, 0.15) is 6.61 Å². The van der Waals surface area contributed by atoms with Crippen LogP contribution in [0.2, 0.25) is 0 Å². The Morgan fingerprint density at radius 2 is 1.13 bits per heavy atom. The zero-order valence-corrected chi connectivity index (χ0v) is 17.3. The highest BCUT2D eigenvalue weighted by Crippen LogP contribution is 2.01. The van der Waals surface area contributed by atoms with Crippen molar-refractivity contribution in [1.29, 1.82) is 0 Å². The summed E-state index contributed by atoms with van der Waals surface area (Å²) in [6.07, 6.45) is 1.62. The van der Waals surface area contributed by atoms with Crippen molar-refractivity contribution in [3.8, 4) is 0 Å². The third-order valence-electron chi connectivity index (χ3n) is 3.61. The molecule has 0 aromatic heterocycles. The first kappa shape index (κ1) is 27.8. The molecule has 11 heteroatoms. The van der Waals surface area contributed by atoms with Crippen LogP contribution < -0.4 is 5.32 Å². The van der Waals surface area contributed by atoms with Gasteiger partial charge in [0.2, 0.25) is 5.91 Å². The molecular formula is C19H33NO10. The molecule has 1 amide bonds. The molecule has 0 aromatic rings. The summed E-state index contributed by atoms with van der Waals surface area (Å²) in [7, 11) is 0. The van der Waals surface area contributed by atoms with E-state index < -0.39 is 11.9 Å². The van der Waals surface area contributed by atoms with Crippen molar-refractivity contribution in [1.82, 2.24) is 5.32 Å². The summed E-state index contributed by atoms with van der Waals surface area (Å²) in [6, 6.07) is 0. The van der Waals surface area contributed by atoms with Gasteiger partial charge in [0, 0.05) is 32.4 Å². The lowest BCUT2D eigenvalue weighted by molar-refractivity contribution is -0.146. The van der Waals surface area contributed by atoms with Crippen LogP contribution in [0.25, 0.3) is 0 Å². The Hall–Kier alpha value is -2.24. The quantitative estimate of drug-likeness (QED) is 0.172. The van der Waals surface area contributed by atoms with Crippen LogP contribution in [-0.2, 0) is 38.1 Å². The Morgan fingerprint density at radius 3 is 1.73 bits per heavy atom. The molecule has 0 aliphatic rings. The maximum absolute atomic E-state index is 11.4. The molecule has 174 valence electrons. The highest BCUT2D eigenvalue weighted by atomic mass is 16.6. The van der Waals surface area contributed by atoms with Crippen molar-refractivity contribution >= 4 is 23.8 Å². The minimum Gasteiger partial charge on any atom is -0.481 e. The number of esters is 1. The highest BCUT2D eigenvalue weighted by molar-refractivity contribution is 5.80. The Labute approximate surface area is 176 Å². The van der Waals surface area contributed by atoms with E-state index in [-0.39, 0.29) is 50.8 Å². The van der Waals surface area contributed by atoms with Crippen LogP contribution in [0.5, 0.6) is 0 Å². The van der Waals surface area contributed by atoms with Gasteiger partial charge in [0.05, 0.1) is 39.5 Å². The lowest BCUT2D eigenvalue weighted by atomic mass is 10.2. The number of hydrogen-bond donors (Lipinski definition) is 3. The number of ether oxygens (including phenoxy) is 4. The number of carbonyl (C=O) groups excluding carboxylic acids is 2. The average molecular weight is 435 g/mol. The van der Waals surface area contributed by atoms with E-state index in [4.69, 9.17) is 29.2 Å². The molecular weight excluding hydrogens is 402 g/mol. The lowest BCUT2D eigenvalue weighted by Crippen LogP contribution is -2.25. The van der Waals surface area contributed by atoms with E-state index in [0.29, 0.717) is 58.8 Å². The average Bonchev–Trinajstić information content (AvgIpc) is 2.69. The van der Waals surface area contributed by atoms with E-state index >= 15 is 0 Å². The van der Waals surface area contributed by atoms with Crippen LogP contribution in [0.3, 0.4) is 0 Å². The van der Waals surface area contributed by atoms with Crippen LogP contribution in [0, 0.1) is 0 Å². The van der Waals surface area contributed by atoms with E-state index in [1.54, 1.807) is 0 Å². The number of carbonyl (C=O) groups is 4. The molecule has 0 rings (SSSR count). The van der Waals surface area contributed by atoms with Crippen molar-refractivity contribution in [3.05, 3.63) is 0 Å². The Kier molecular flexibility index (Phi) is 18.6. The monoisotopic (exact) mass is 435 g/mol. The van der Waals surface area contributed by atoms with Gasteiger partial charge in [0.15, 0.2) is 0 Å². The van der Waals surface area contributed by atoms with Gasteiger partial charge in [0.25, 0.3) is 0 Å². The Morgan fingerprint density at radius 1 is 0.600 bits per heavy atom. The van der Waals surface area contributed by atoms with Crippen LogP contribution in [0.4, 0.5) is 0 Å². The normalized spacial score (nSPS) is 10.5. The second kappa shape index (κ2) is 20.0. The molecule has 0 aliphatic heterocycles. The molecule has 0 aliphatic carbocycles. The summed E-state index contributed by atoms with van der Waals surface area (Å²) in [4.78, 5) is 43.3. The predicted octanol–water partition coefficient (Wildman–Crippen LogP) is 0.596. The second-order valence-electron chi connectivity index (χ2n) is 6.26. The van der Waals surface area contributed by atoms with Crippen LogP contribution in [-0.4, -0.2) is 86.8 Å². The molecule has 3 N–H and O–H groups in total. The Balaban J connectivity index is 3.22. The molecule has 0 aromatic carbocycles. The number of carboxylic acids is 2. The molecule has 0 fully saturated rings. The number of carboxylic acid groups (broad SMARTS) is 2. The van der Waals surface area contributed by atoms with E-state index in [1.165, 1.54) is 0 Å². The van der Waals surface area contributed by atoms with Gasteiger partial charge >= 0.3 is 17.9 Å². The van der Waals surface area contributed by atoms with E-state index in [0.717, 1.165) is 0 Å². The number of aliphatic carboxylic acids is 2. The molecule has 0 radical (unpaired) electrons. The zero-order chi connectivity index (χ0) is 22.5. The van der Waals surface area contributed by atoms with Crippen molar-refractivity contribution in [2.24, 2.45) is 0 Å². The van der Waals surface area contributed by atoms with Crippen molar-refractivity contribution in [2.45, 2.75) is 44.9 Å². The molecule has 0 atom stereocenters. The maximum Gasteiger partial charge on any atom is 0.305 e. The molecule has 11 nitrogen and oxygen atoms in total. The fourth-order valence-electron chi connectivity index (χ4n) is 2.08. The predicted molar refractivity (Wildman–Crippen MR) is 104 cm³/mol. The molecule has 30 heavy (non-hydrogen) atoms. The summed E-state index contributed by atoms with van der Waals surface area (Å²) in [5.41, 5.74) is 0. The first-order valence-electron chi connectivity index (χ1n) is 10.0. The minimum absolute atomic E-state index is 0.0247. The molecule has 0 bridgehead atoms. The number of rotatable bonds is 21. The second-order valence-corrected chi connectivity index (χ2v) is 6.26. The van der Waals surface area contributed by atoms with Gasteiger partial charge in [-0.05, 0) is 19.3 Å². The van der Waals surface area contributed by atoms with Gasteiger partial charge in [-0.3, -0.25) is 19.2 Å². The van der Waals surface area contributed by atoms with Gasteiger partial charge < -0.3 is 34.5 Å². The largest absolute Gasteiger partial charge is 0.481 e. The smallest absolute Gasteiger partial charge is 0.305 e. The van der Waals surface area contributed by atoms with Crippen molar-refractivity contribution < 1.29 is 48.3 Å². The van der Waals surface area contributed by atoms with E-state index in [9.17, 15) is 19.2 Å². The third kappa shape index (κ3) is 22.1. The summed E-state index contributed by atoms with van der Waals surface area (Å²) in [5.74, 6) is -2.52. The SMILES string of the molecule is O=C(O)CCCCC(=O)OCCOCCOCCOCCCNC(=O)CCC(=O)O. The van der Waals surface area contributed by atoms with E-state index in [2.05, 4.69) is 5.32 Å².